The van der Waals surface area contributed by atoms with Gasteiger partial charge >= 0.3 is 0 Å². The van der Waals surface area contributed by atoms with Crippen molar-refractivity contribution in [3.63, 3.8) is 0 Å². The van der Waals surface area contributed by atoms with Crippen LogP contribution in [0.2, 0.25) is 0 Å². The number of nitrogen functional groups attached to an aromatic ring is 1. The van der Waals surface area contributed by atoms with Crippen molar-refractivity contribution < 1.29 is 0 Å². The molecule has 106 valence electrons. The molecule has 1 heterocycles. The van der Waals surface area contributed by atoms with Crippen LogP contribution in [-0.2, 0) is 0 Å². The first kappa shape index (κ1) is 14.0. The third-order valence-electron chi connectivity index (χ3n) is 3.12. The average Bonchev–Trinajstić information content (AvgIpc) is 2.48. The smallest absolute Gasteiger partial charge is 0.236 e. The molecule has 1 aromatic heterocycles. The second kappa shape index (κ2) is 6.18. The molecule has 0 saturated heterocycles. The van der Waals surface area contributed by atoms with Gasteiger partial charge in [0.1, 0.15) is 0 Å². The molecule has 0 radical (unpaired) electrons. The summed E-state index contributed by atoms with van der Waals surface area (Å²) in [6.45, 7) is 5.77. The van der Waals surface area contributed by atoms with E-state index in [2.05, 4.69) is 28.8 Å². The van der Waals surface area contributed by atoms with Crippen LogP contribution >= 0.6 is 0 Å². The van der Waals surface area contributed by atoms with Gasteiger partial charge < -0.3 is 15.5 Å². The van der Waals surface area contributed by atoms with E-state index >= 15 is 0 Å². The lowest BCUT2D eigenvalue weighted by Gasteiger charge is -2.22. The molecule has 1 aromatic carbocycles. The molecular weight excluding hydrogens is 252 g/mol. The summed E-state index contributed by atoms with van der Waals surface area (Å²) in [4.78, 5) is 16.9. The fraction of sp³-hybridized carbons (Fsp3) is 0.357. The highest BCUT2D eigenvalue weighted by Crippen LogP contribution is 2.21. The van der Waals surface area contributed by atoms with Gasteiger partial charge in [-0.05, 0) is 26.0 Å². The molecule has 0 saturated carbocycles. The number of aromatic nitrogens is 3. The van der Waals surface area contributed by atoms with E-state index in [0.717, 1.165) is 18.8 Å². The molecule has 2 aromatic rings. The second-order valence-corrected chi connectivity index (χ2v) is 4.36. The molecule has 0 bridgehead atoms. The van der Waals surface area contributed by atoms with Crippen LogP contribution in [-0.4, -0.2) is 35.1 Å². The van der Waals surface area contributed by atoms with E-state index in [9.17, 15) is 0 Å². The SMILES string of the molecule is CCN(CC)c1nc(N)nc(N(C)c2ccccc2)n1. The van der Waals surface area contributed by atoms with E-state index in [-0.39, 0.29) is 5.95 Å². The highest BCUT2D eigenvalue weighted by atomic mass is 15.3. The Kier molecular flexibility index (Phi) is 4.34. The van der Waals surface area contributed by atoms with E-state index in [4.69, 9.17) is 5.73 Å². The van der Waals surface area contributed by atoms with Crippen molar-refractivity contribution in [3.8, 4) is 0 Å². The molecule has 0 fully saturated rings. The van der Waals surface area contributed by atoms with Gasteiger partial charge in [-0.15, -0.1) is 0 Å². The molecule has 6 heteroatoms. The van der Waals surface area contributed by atoms with Crippen LogP contribution in [0, 0.1) is 0 Å². The van der Waals surface area contributed by atoms with Gasteiger partial charge in [0.05, 0.1) is 0 Å². The molecule has 20 heavy (non-hydrogen) atoms. The molecule has 0 spiro atoms. The first-order valence-electron chi connectivity index (χ1n) is 6.71. The summed E-state index contributed by atoms with van der Waals surface area (Å²) >= 11 is 0. The minimum absolute atomic E-state index is 0.236. The van der Waals surface area contributed by atoms with Crippen LogP contribution in [0.15, 0.2) is 30.3 Å². The quantitative estimate of drug-likeness (QED) is 0.898. The van der Waals surface area contributed by atoms with Crippen molar-refractivity contribution in [1.82, 2.24) is 15.0 Å². The van der Waals surface area contributed by atoms with Crippen molar-refractivity contribution in [2.45, 2.75) is 13.8 Å². The fourth-order valence-corrected chi connectivity index (χ4v) is 1.93. The lowest BCUT2D eigenvalue weighted by Crippen LogP contribution is -2.26. The third kappa shape index (κ3) is 2.96. The predicted octanol–water partition coefficient (Wildman–Crippen LogP) is 2.07. The van der Waals surface area contributed by atoms with Crippen molar-refractivity contribution in [2.75, 3.05) is 35.7 Å². The number of para-hydroxylation sites is 1. The average molecular weight is 272 g/mol. The Morgan fingerprint density at radius 3 is 2.15 bits per heavy atom. The summed E-state index contributed by atoms with van der Waals surface area (Å²) in [7, 11) is 1.91. The number of nitrogens with two attached hydrogens (primary N) is 1. The molecule has 0 aliphatic rings. The maximum Gasteiger partial charge on any atom is 0.236 e. The minimum Gasteiger partial charge on any atom is -0.368 e. The molecular formula is C14H20N6. The molecule has 0 aliphatic heterocycles. The Morgan fingerprint density at radius 2 is 1.55 bits per heavy atom. The number of hydrogen-bond donors (Lipinski definition) is 1. The molecule has 2 rings (SSSR count). The lowest BCUT2D eigenvalue weighted by molar-refractivity contribution is 0.811. The number of benzene rings is 1. The van der Waals surface area contributed by atoms with Gasteiger partial charge in [-0.1, -0.05) is 18.2 Å². The third-order valence-corrected chi connectivity index (χ3v) is 3.12. The topological polar surface area (TPSA) is 71.2 Å². The van der Waals surface area contributed by atoms with Crippen molar-refractivity contribution >= 4 is 23.5 Å². The minimum atomic E-state index is 0.236. The largest absolute Gasteiger partial charge is 0.368 e. The van der Waals surface area contributed by atoms with Crippen molar-refractivity contribution in [1.29, 1.82) is 0 Å². The van der Waals surface area contributed by atoms with Gasteiger partial charge in [0.2, 0.25) is 17.8 Å². The van der Waals surface area contributed by atoms with Crippen LogP contribution in [0.4, 0.5) is 23.5 Å². The summed E-state index contributed by atoms with van der Waals surface area (Å²) in [5, 5.41) is 0. The highest BCUT2D eigenvalue weighted by molar-refractivity contribution is 5.57. The number of nitrogens with zero attached hydrogens (tertiary/aromatic N) is 5. The van der Waals surface area contributed by atoms with Gasteiger partial charge in [0, 0.05) is 25.8 Å². The van der Waals surface area contributed by atoms with E-state index in [1.165, 1.54) is 0 Å². The van der Waals surface area contributed by atoms with E-state index in [1.54, 1.807) is 0 Å². The Labute approximate surface area is 119 Å². The van der Waals surface area contributed by atoms with Crippen LogP contribution < -0.4 is 15.5 Å². The Bertz CT molecular complexity index is 553. The standard InChI is InChI=1S/C14H20N6/c1-4-20(5-2)14-17-12(15)16-13(18-14)19(3)11-9-7-6-8-10-11/h6-10H,4-5H2,1-3H3,(H2,15,16,17,18). The van der Waals surface area contributed by atoms with Crippen LogP contribution in [0.1, 0.15) is 13.8 Å². The first-order valence-corrected chi connectivity index (χ1v) is 6.71. The first-order chi connectivity index (χ1) is 9.65. The van der Waals surface area contributed by atoms with Crippen molar-refractivity contribution in [2.24, 2.45) is 0 Å². The van der Waals surface area contributed by atoms with Gasteiger partial charge in [0.25, 0.3) is 0 Å². The molecule has 0 aliphatic carbocycles. The molecule has 6 nitrogen and oxygen atoms in total. The predicted molar refractivity (Wildman–Crippen MR) is 82.3 cm³/mol. The highest BCUT2D eigenvalue weighted by Gasteiger charge is 2.13. The maximum absolute atomic E-state index is 5.81. The summed E-state index contributed by atoms with van der Waals surface area (Å²) in [5.74, 6) is 1.39. The Morgan fingerprint density at radius 1 is 0.950 bits per heavy atom. The van der Waals surface area contributed by atoms with Crippen LogP contribution in [0.25, 0.3) is 0 Å². The van der Waals surface area contributed by atoms with E-state index in [0.29, 0.717) is 11.9 Å². The maximum atomic E-state index is 5.81. The number of hydrogen-bond acceptors (Lipinski definition) is 6. The van der Waals surface area contributed by atoms with Crippen LogP contribution in [0.5, 0.6) is 0 Å². The second-order valence-electron chi connectivity index (χ2n) is 4.36. The zero-order valence-corrected chi connectivity index (χ0v) is 12.1. The van der Waals surface area contributed by atoms with Gasteiger partial charge in [-0.2, -0.15) is 15.0 Å². The van der Waals surface area contributed by atoms with Gasteiger partial charge in [-0.3, -0.25) is 0 Å². The van der Waals surface area contributed by atoms with Crippen molar-refractivity contribution in [3.05, 3.63) is 30.3 Å². The normalized spacial score (nSPS) is 10.3. The Balaban J connectivity index is 2.37. The fourth-order valence-electron chi connectivity index (χ4n) is 1.93. The van der Waals surface area contributed by atoms with Gasteiger partial charge in [0.15, 0.2) is 0 Å². The lowest BCUT2D eigenvalue weighted by atomic mass is 10.3. The monoisotopic (exact) mass is 272 g/mol. The van der Waals surface area contributed by atoms with E-state index in [1.807, 2.05) is 47.2 Å². The Hall–Kier alpha value is -2.37. The molecule has 0 unspecified atom stereocenters. The zero-order valence-electron chi connectivity index (χ0n) is 12.1. The molecule has 2 N–H and O–H groups in total. The van der Waals surface area contributed by atoms with Crippen LogP contribution in [0.3, 0.4) is 0 Å². The molecule has 0 amide bonds. The summed E-state index contributed by atoms with van der Waals surface area (Å²) in [6.07, 6.45) is 0. The molecule has 0 atom stereocenters. The summed E-state index contributed by atoms with van der Waals surface area (Å²) < 4.78 is 0. The van der Waals surface area contributed by atoms with Gasteiger partial charge in [-0.25, -0.2) is 0 Å². The zero-order chi connectivity index (χ0) is 14.5. The number of rotatable bonds is 5. The van der Waals surface area contributed by atoms with E-state index < -0.39 is 0 Å². The summed E-state index contributed by atoms with van der Waals surface area (Å²) in [5.41, 5.74) is 6.81. The number of anilines is 4. The summed E-state index contributed by atoms with van der Waals surface area (Å²) in [6, 6.07) is 9.91.